The van der Waals surface area contributed by atoms with Gasteiger partial charge in [-0.3, -0.25) is 4.79 Å². The van der Waals surface area contributed by atoms with E-state index in [1.165, 1.54) is 24.8 Å². The number of hydrogen-bond acceptors (Lipinski definition) is 3. The Hall–Kier alpha value is -1.18. The molecule has 0 spiro atoms. The number of carbonyl (C=O) groups is 1. The van der Waals surface area contributed by atoms with Crippen LogP contribution in [0, 0.1) is 17.7 Å². The molecule has 0 aliphatic rings. The Balaban J connectivity index is 2.68. The molecular formula is C12H11ClFNOS. The van der Waals surface area contributed by atoms with Crippen LogP contribution in [0.1, 0.15) is 18.9 Å². The predicted molar refractivity (Wildman–Crippen MR) is 70.5 cm³/mol. The van der Waals surface area contributed by atoms with E-state index in [2.05, 4.69) is 11.8 Å². The van der Waals surface area contributed by atoms with Crippen molar-refractivity contribution in [2.24, 2.45) is 0 Å². The average Bonchev–Trinajstić information content (AvgIpc) is 2.23. The topological polar surface area (TPSA) is 43.1 Å². The van der Waals surface area contributed by atoms with E-state index in [0.717, 1.165) is 6.07 Å². The molecule has 0 unspecified atom stereocenters. The van der Waals surface area contributed by atoms with Gasteiger partial charge in [0.05, 0.1) is 16.3 Å². The van der Waals surface area contributed by atoms with Crippen molar-refractivity contribution in [2.75, 3.05) is 11.5 Å². The molecule has 0 aliphatic carbocycles. The number of rotatable bonds is 2. The van der Waals surface area contributed by atoms with Gasteiger partial charge in [0.2, 0.25) is 0 Å². The van der Waals surface area contributed by atoms with Crippen LogP contribution < -0.4 is 5.73 Å². The zero-order valence-corrected chi connectivity index (χ0v) is 10.8. The van der Waals surface area contributed by atoms with Crippen LogP contribution in [0.5, 0.6) is 0 Å². The molecular weight excluding hydrogens is 261 g/mol. The summed E-state index contributed by atoms with van der Waals surface area (Å²) >= 11 is 6.92. The summed E-state index contributed by atoms with van der Waals surface area (Å²) in [6.45, 7) is 1.50. The van der Waals surface area contributed by atoms with E-state index >= 15 is 0 Å². The van der Waals surface area contributed by atoms with Gasteiger partial charge in [0, 0.05) is 19.1 Å². The van der Waals surface area contributed by atoms with Gasteiger partial charge in [-0.2, -0.15) is 0 Å². The van der Waals surface area contributed by atoms with Gasteiger partial charge in [0.15, 0.2) is 5.12 Å². The third kappa shape index (κ3) is 4.68. The molecule has 0 aliphatic heterocycles. The molecule has 0 fully saturated rings. The third-order valence-corrected chi connectivity index (χ3v) is 2.98. The van der Waals surface area contributed by atoms with Crippen LogP contribution in [0.2, 0.25) is 5.02 Å². The second-order valence-electron chi connectivity index (χ2n) is 3.24. The summed E-state index contributed by atoms with van der Waals surface area (Å²) in [5.41, 5.74) is 6.31. The standard InChI is InChI=1S/C12H11ClFNOS/c1-8(16)17-5-3-2-4-9-6-10(14)7-11(13)12(9)15/h6-7H,3,5,15H2,1H3. The van der Waals surface area contributed by atoms with Crippen LogP contribution in [0.4, 0.5) is 10.1 Å². The fraction of sp³-hybridized carbons (Fsp3) is 0.250. The maximum Gasteiger partial charge on any atom is 0.185 e. The average molecular weight is 272 g/mol. The number of anilines is 1. The van der Waals surface area contributed by atoms with Crippen molar-refractivity contribution >= 4 is 34.2 Å². The molecule has 0 saturated heterocycles. The van der Waals surface area contributed by atoms with Gasteiger partial charge in [0.25, 0.3) is 0 Å². The Kier molecular flexibility index (Phi) is 5.33. The van der Waals surface area contributed by atoms with Crippen molar-refractivity contribution in [1.82, 2.24) is 0 Å². The van der Waals surface area contributed by atoms with Crippen LogP contribution in [0.3, 0.4) is 0 Å². The van der Waals surface area contributed by atoms with E-state index in [9.17, 15) is 9.18 Å². The Morgan fingerprint density at radius 1 is 1.59 bits per heavy atom. The lowest BCUT2D eigenvalue weighted by atomic mass is 10.2. The van der Waals surface area contributed by atoms with Crippen molar-refractivity contribution < 1.29 is 9.18 Å². The highest BCUT2D eigenvalue weighted by Crippen LogP contribution is 2.23. The van der Waals surface area contributed by atoms with E-state index in [4.69, 9.17) is 17.3 Å². The summed E-state index contributed by atoms with van der Waals surface area (Å²) in [5.74, 6) is 5.72. The second-order valence-corrected chi connectivity index (χ2v) is 4.92. The zero-order chi connectivity index (χ0) is 12.8. The highest BCUT2D eigenvalue weighted by molar-refractivity contribution is 8.13. The Labute approximate surface area is 109 Å². The lowest BCUT2D eigenvalue weighted by Gasteiger charge is -2.00. The highest BCUT2D eigenvalue weighted by atomic mass is 35.5. The summed E-state index contributed by atoms with van der Waals surface area (Å²) in [4.78, 5) is 10.6. The summed E-state index contributed by atoms with van der Waals surface area (Å²) < 4.78 is 13.0. The van der Waals surface area contributed by atoms with Gasteiger partial charge in [-0.15, -0.1) is 0 Å². The highest BCUT2D eigenvalue weighted by Gasteiger charge is 2.04. The van der Waals surface area contributed by atoms with Crippen LogP contribution in [-0.2, 0) is 4.79 Å². The Morgan fingerprint density at radius 2 is 2.29 bits per heavy atom. The van der Waals surface area contributed by atoms with Gasteiger partial charge in [-0.1, -0.05) is 35.2 Å². The molecule has 17 heavy (non-hydrogen) atoms. The summed E-state index contributed by atoms with van der Waals surface area (Å²) in [6, 6.07) is 2.39. The van der Waals surface area contributed by atoms with Gasteiger partial charge in [-0.25, -0.2) is 4.39 Å². The second kappa shape index (κ2) is 6.53. The molecule has 1 aromatic carbocycles. The molecule has 2 nitrogen and oxygen atoms in total. The largest absolute Gasteiger partial charge is 0.397 e. The van der Waals surface area contributed by atoms with Crippen molar-refractivity contribution in [3.05, 3.63) is 28.5 Å². The molecule has 0 amide bonds. The number of benzene rings is 1. The van der Waals surface area contributed by atoms with Crippen LogP contribution in [0.15, 0.2) is 12.1 Å². The van der Waals surface area contributed by atoms with E-state index in [1.54, 1.807) is 0 Å². The maximum absolute atomic E-state index is 13.0. The number of nitrogen functional groups attached to an aromatic ring is 1. The fourth-order valence-electron chi connectivity index (χ4n) is 1.09. The predicted octanol–water partition coefficient (Wildman–Crippen LogP) is 3.08. The van der Waals surface area contributed by atoms with E-state index in [0.29, 0.717) is 17.7 Å². The minimum Gasteiger partial charge on any atom is -0.397 e. The SMILES string of the molecule is CC(=O)SCCC#Cc1cc(F)cc(Cl)c1N. The minimum atomic E-state index is -0.466. The third-order valence-electron chi connectivity index (χ3n) is 1.85. The fourth-order valence-corrected chi connectivity index (χ4v) is 1.79. The van der Waals surface area contributed by atoms with Gasteiger partial charge >= 0.3 is 0 Å². The molecule has 1 rings (SSSR count). The normalized spacial score (nSPS) is 9.59. The Morgan fingerprint density at radius 3 is 2.94 bits per heavy atom. The zero-order valence-electron chi connectivity index (χ0n) is 9.22. The molecule has 2 N–H and O–H groups in total. The molecule has 0 aromatic heterocycles. The molecule has 1 aromatic rings. The molecule has 0 heterocycles. The van der Waals surface area contributed by atoms with Gasteiger partial charge in [0.1, 0.15) is 5.82 Å². The number of halogens is 2. The van der Waals surface area contributed by atoms with Crippen LogP contribution in [0.25, 0.3) is 0 Å². The van der Waals surface area contributed by atoms with Gasteiger partial charge < -0.3 is 5.73 Å². The van der Waals surface area contributed by atoms with Crippen molar-refractivity contribution in [2.45, 2.75) is 13.3 Å². The first kappa shape index (κ1) is 13.9. The smallest absolute Gasteiger partial charge is 0.185 e. The van der Waals surface area contributed by atoms with Crippen molar-refractivity contribution in [1.29, 1.82) is 0 Å². The first-order chi connectivity index (χ1) is 8.00. The molecule has 0 atom stereocenters. The monoisotopic (exact) mass is 271 g/mol. The van der Waals surface area contributed by atoms with Gasteiger partial charge in [-0.05, 0) is 12.1 Å². The number of carbonyl (C=O) groups excluding carboxylic acids is 1. The molecule has 5 heteroatoms. The van der Waals surface area contributed by atoms with E-state index in [-0.39, 0.29) is 15.8 Å². The van der Waals surface area contributed by atoms with Crippen molar-refractivity contribution in [3.8, 4) is 11.8 Å². The lowest BCUT2D eigenvalue weighted by Crippen LogP contribution is -1.93. The molecule has 0 radical (unpaired) electrons. The van der Waals surface area contributed by atoms with Crippen LogP contribution in [-0.4, -0.2) is 10.9 Å². The molecule has 0 bridgehead atoms. The van der Waals surface area contributed by atoms with Crippen molar-refractivity contribution in [3.63, 3.8) is 0 Å². The van der Waals surface area contributed by atoms with E-state index < -0.39 is 5.82 Å². The molecule has 0 saturated carbocycles. The number of nitrogens with two attached hydrogens (primary N) is 1. The lowest BCUT2D eigenvalue weighted by molar-refractivity contribution is -0.109. The Bertz CT molecular complexity index is 493. The maximum atomic E-state index is 13.0. The summed E-state index contributed by atoms with van der Waals surface area (Å²) in [5, 5.41) is 0.215. The van der Waals surface area contributed by atoms with E-state index in [1.807, 2.05) is 0 Å². The quantitative estimate of drug-likeness (QED) is 0.511. The first-order valence-electron chi connectivity index (χ1n) is 4.87. The number of thioether (sulfide) groups is 1. The van der Waals surface area contributed by atoms with Crippen LogP contribution >= 0.6 is 23.4 Å². The summed E-state index contributed by atoms with van der Waals surface area (Å²) in [7, 11) is 0. The number of hydrogen-bond donors (Lipinski definition) is 1. The first-order valence-corrected chi connectivity index (χ1v) is 6.24. The molecule has 90 valence electrons. The minimum absolute atomic E-state index is 0.0557. The summed E-state index contributed by atoms with van der Waals surface area (Å²) in [6.07, 6.45) is 0.540.